The van der Waals surface area contributed by atoms with E-state index < -0.39 is 11.7 Å². The number of hydrogen-bond donors (Lipinski definition) is 1. The lowest BCUT2D eigenvalue weighted by Crippen LogP contribution is -2.45. The van der Waals surface area contributed by atoms with Gasteiger partial charge in [-0.25, -0.2) is 0 Å². The molecule has 140 valence electrons. The summed E-state index contributed by atoms with van der Waals surface area (Å²) in [6.07, 6.45) is -4.49. The van der Waals surface area contributed by atoms with Crippen LogP contribution >= 0.6 is 11.6 Å². The summed E-state index contributed by atoms with van der Waals surface area (Å²) >= 11 is 5.80. The molecule has 1 aliphatic rings. The van der Waals surface area contributed by atoms with Crippen LogP contribution in [-0.4, -0.2) is 38.2 Å². The minimum atomic E-state index is -4.49. The van der Waals surface area contributed by atoms with E-state index in [1.54, 1.807) is 13.2 Å². The number of ether oxygens (including phenoxy) is 1. The van der Waals surface area contributed by atoms with Crippen LogP contribution < -0.4 is 10.1 Å². The van der Waals surface area contributed by atoms with Crippen LogP contribution in [0.4, 0.5) is 13.2 Å². The zero-order valence-corrected chi connectivity index (χ0v) is 15.1. The predicted molar refractivity (Wildman–Crippen MR) is 95.7 cm³/mol. The maximum absolute atomic E-state index is 13.3. The van der Waals surface area contributed by atoms with Gasteiger partial charge in [-0.05, 0) is 35.4 Å². The Bertz CT molecular complexity index is 743. The average Bonchev–Trinajstić information content (AvgIpc) is 2.64. The van der Waals surface area contributed by atoms with Crippen LogP contribution in [0.25, 0.3) is 0 Å². The molecule has 0 aromatic heterocycles. The molecule has 0 saturated carbocycles. The molecule has 3 nitrogen and oxygen atoms in total. The number of nitrogens with one attached hydrogen (secondary N) is 1. The minimum Gasteiger partial charge on any atom is -0.497 e. The number of nitrogens with zero attached hydrogens (tertiary/aromatic N) is 1. The van der Waals surface area contributed by atoms with Gasteiger partial charge in [0.15, 0.2) is 0 Å². The van der Waals surface area contributed by atoms with Gasteiger partial charge in [-0.3, -0.25) is 4.90 Å². The van der Waals surface area contributed by atoms with E-state index >= 15 is 0 Å². The van der Waals surface area contributed by atoms with E-state index in [1.807, 2.05) is 24.3 Å². The highest BCUT2D eigenvalue weighted by Gasteiger charge is 2.34. The Morgan fingerprint density at radius 3 is 2.23 bits per heavy atom. The van der Waals surface area contributed by atoms with E-state index in [9.17, 15) is 13.2 Å². The highest BCUT2D eigenvalue weighted by Crippen LogP contribution is 2.38. The molecule has 0 amide bonds. The van der Waals surface area contributed by atoms with E-state index in [4.69, 9.17) is 16.3 Å². The molecule has 2 aromatic carbocycles. The monoisotopic (exact) mass is 384 g/mol. The highest BCUT2D eigenvalue weighted by atomic mass is 35.5. The topological polar surface area (TPSA) is 24.5 Å². The molecule has 1 heterocycles. The van der Waals surface area contributed by atoms with Gasteiger partial charge in [0, 0.05) is 26.2 Å². The molecule has 1 saturated heterocycles. The predicted octanol–water partition coefficient (Wildman–Crippen LogP) is 4.36. The standard InChI is InChI=1S/C19H20ClF3N2O/c1-26-15-5-2-13(3-6-15)18(25-10-8-24-9-11-25)14-4-7-17(20)16(12-14)19(21,22)23/h2-7,12,18,24H,8-11H2,1H3. The average molecular weight is 385 g/mol. The third-order valence-electron chi connectivity index (χ3n) is 4.56. The molecule has 1 aliphatic heterocycles. The molecular weight excluding hydrogens is 365 g/mol. The third-order valence-corrected chi connectivity index (χ3v) is 4.89. The number of halogens is 4. The summed E-state index contributed by atoms with van der Waals surface area (Å²) in [6.45, 7) is 3.10. The van der Waals surface area contributed by atoms with E-state index in [0.29, 0.717) is 11.3 Å². The number of hydrogen-bond acceptors (Lipinski definition) is 3. The summed E-state index contributed by atoms with van der Waals surface area (Å²) in [5, 5.41) is 2.99. The Morgan fingerprint density at radius 1 is 1.04 bits per heavy atom. The second-order valence-electron chi connectivity index (χ2n) is 6.20. The van der Waals surface area contributed by atoms with Crippen LogP contribution in [0.2, 0.25) is 5.02 Å². The van der Waals surface area contributed by atoms with Gasteiger partial charge in [0.2, 0.25) is 0 Å². The molecule has 0 aliphatic carbocycles. The third kappa shape index (κ3) is 4.14. The fourth-order valence-electron chi connectivity index (χ4n) is 3.27. The zero-order valence-electron chi connectivity index (χ0n) is 14.3. The van der Waals surface area contributed by atoms with Crippen LogP contribution in [0.5, 0.6) is 5.75 Å². The van der Waals surface area contributed by atoms with Gasteiger partial charge >= 0.3 is 6.18 Å². The normalized spacial score (nSPS) is 17.1. The lowest BCUT2D eigenvalue weighted by atomic mass is 9.94. The molecule has 0 spiro atoms. The molecule has 2 aromatic rings. The van der Waals surface area contributed by atoms with Crippen LogP contribution in [0, 0.1) is 0 Å². The van der Waals surface area contributed by atoms with Crippen molar-refractivity contribution >= 4 is 11.6 Å². The van der Waals surface area contributed by atoms with Crippen LogP contribution in [0.3, 0.4) is 0 Å². The second kappa shape index (κ2) is 7.86. The van der Waals surface area contributed by atoms with E-state index in [1.165, 1.54) is 12.1 Å². The molecule has 1 N–H and O–H groups in total. The van der Waals surface area contributed by atoms with Crippen molar-refractivity contribution in [2.24, 2.45) is 0 Å². The van der Waals surface area contributed by atoms with Crippen molar-refractivity contribution in [3.63, 3.8) is 0 Å². The fourth-order valence-corrected chi connectivity index (χ4v) is 3.50. The van der Waals surface area contributed by atoms with Crippen LogP contribution in [0.15, 0.2) is 42.5 Å². The Hall–Kier alpha value is -1.76. The van der Waals surface area contributed by atoms with Crippen molar-refractivity contribution in [3.05, 3.63) is 64.2 Å². The van der Waals surface area contributed by atoms with Gasteiger partial charge in [-0.1, -0.05) is 29.8 Å². The molecule has 1 unspecified atom stereocenters. The molecule has 0 bridgehead atoms. The molecule has 26 heavy (non-hydrogen) atoms. The van der Waals surface area contributed by atoms with Gasteiger partial charge in [0.25, 0.3) is 0 Å². The summed E-state index contributed by atoms with van der Waals surface area (Å²) in [5.41, 5.74) is 0.697. The van der Waals surface area contributed by atoms with Gasteiger partial charge in [0.05, 0.1) is 23.7 Å². The summed E-state index contributed by atoms with van der Waals surface area (Å²) in [5.74, 6) is 0.708. The maximum atomic E-state index is 13.3. The molecule has 3 rings (SSSR count). The first-order valence-electron chi connectivity index (χ1n) is 8.35. The Labute approximate surface area is 155 Å². The van der Waals surface area contributed by atoms with Crippen molar-refractivity contribution in [2.75, 3.05) is 33.3 Å². The lowest BCUT2D eigenvalue weighted by Gasteiger charge is -2.36. The van der Waals surface area contributed by atoms with Crippen molar-refractivity contribution in [1.29, 1.82) is 0 Å². The van der Waals surface area contributed by atoms with Gasteiger partial charge in [-0.2, -0.15) is 13.2 Å². The first-order valence-corrected chi connectivity index (χ1v) is 8.73. The van der Waals surface area contributed by atoms with Crippen molar-refractivity contribution in [2.45, 2.75) is 12.2 Å². The summed E-state index contributed by atoms with van der Waals surface area (Å²) < 4.78 is 45.1. The zero-order chi connectivity index (χ0) is 18.7. The number of benzene rings is 2. The summed E-state index contributed by atoms with van der Waals surface area (Å²) in [4.78, 5) is 2.18. The first-order chi connectivity index (χ1) is 12.4. The van der Waals surface area contributed by atoms with Crippen LogP contribution in [-0.2, 0) is 6.18 Å². The summed E-state index contributed by atoms with van der Waals surface area (Å²) in [6, 6.07) is 11.3. The number of alkyl halides is 3. The van der Waals surface area contributed by atoms with Gasteiger partial charge in [-0.15, -0.1) is 0 Å². The van der Waals surface area contributed by atoms with Crippen molar-refractivity contribution < 1.29 is 17.9 Å². The molecule has 1 fully saturated rings. The van der Waals surface area contributed by atoms with E-state index in [0.717, 1.165) is 31.7 Å². The van der Waals surface area contributed by atoms with E-state index in [-0.39, 0.29) is 11.1 Å². The number of methoxy groups -OCH3 is 1. The number of piperazine rings is 1. The fraction of sp³-hybridized carbons (Fsp3) is 0.368. The van der Waals surface area contributed by atoms with Crippen molar-refractivity contribution in [3.8, 4) is 5.75 Å². The van der Waals surface area contributed by atoms with Gasteiger partial charge in [0.1, 0.15) is 5.75 Å². The minimum absolute atomic E-state index is 0.277. The Balaban J connectivity index is 2.05. The molecule has 7 heteroatoms. The first kappa shape index (κ1) is 19.0. The smallest absolute Gasteiger partial charge is 0.417 e. The Morgan fingerprint density at radius 2 is 1.65 bits per heavy atom. The lowest BCUT2D eigenvalue weighted by molar-refractivity contribution is -0.137. The van der Waals surface area contributed by atoms with E-state index in [2.05, 4.69) is 10.2 Å². The Kier molecular flexibility index (Phi) is 5.75. The summed E-state index contributed by atoms with van der Waals surface area (Å²) in [7, 11) is 1.58. The van der Waals surface area contributed by atoms with Gasteiger partial charge < -0.3 is 10.1 Å². The highest BCUT2D eigenvalue weighted by molar-refractivity contribution is 6.31. The molecular formula is C19H20ClF3N2O. The SMILES string of the molecule is COc1ccc(C(c2ccc(Cl)c(C(F)(F)F)c2)N2CCNCC2)cc1. The largest absolute Gasteiger partial charge is 0.497 e. The molecule has 1 atom stereocenters. The maximum Gasteiger partial charge on any atom is 0.417 e. The second-order valence-corrected chi connectivity index (χ2v) is 6.61. The van der Waals surface area contributed by atoms with Crippen LogP contribution in [0.1, 0.15) is 22.7 Å². The molecule has 0 radical (unpaired) electrons. The van der Waals surface area contributed by atoms with Crippen molar-refractivity contribution in [1.82, 2.24) is 10.2 Å². The quantitative estimate of drug-likeness (QED) is 0.847. The number of rotatable bonds is 4.